The fraction of sp³-hybridized carbons (Fsp3) is 0.231. The summed E-state index contributed by atoms with van der Waals surface area (Å²) >= 11 is 3.06. The third-order valence-electron chi connectivity index (χ3n) is 2.56. The van der Waals surface area contributed by atoms with E-state index in [1.54, 1.807) is 23.0 Å². The zero-order chi connectivity index (χ0) is 13.1. The Morgan fingerprint density at radius 3 is 2.94 bits per heavy atom. The highest BCUT2D eigenvalue weighted by molar-refractivity contribution is 9.10. The van der Waals surface area contributed by atoms with E-state index in [0.717, 1.165) is 13.0 Å². The van der Waals surface area contributed by atoms with Crippen LogP contribution >= 0.6 is 15.9 Å². The van der Waals surface area contributed by atoms with Crippen LogP contribution in [0.1, 0.15) is 29.5 Å². The molecule has 0 spiro atoms. The van der Waals surface area contributed by atoms with E-state index in [2.05, 4.69) is 20.9 Å². The molecule has 0 radical (unpaired) electrons. The van der Waals surface area contributed by atoms with Gasteiger partial charge in [-0.3, -0.25) is 4.79 Å². The Morgan fingerprint density at radius 2 is 2.28 bits per heavy atom. The summed E-state index contributed by atoms with van der Waals surface area (Å²) in [5.74, 6) is -0.368. The van der Waals surface area contributed by atoms with E-state index in [1.165, 1.54) is 12.1 Å². The molecular formula is C13H12BrFN2O. The first-order valence-corrected chi connectivity index (χ1v) is 6.43. The van der Waals surface area contributed by atoms with Gasteiger partial charge in [0.25, 0.3) is 0 Å². The maximum atomic E-state index is 13.4. The fourth-order valence-corrected chi connectivity index (χ4v) is 1.95. The second-order valence-electron chi connectivity index (χ2n) is 3.90. The minimum absolute atomic E-state index is 0.264. The number of ketones is 1. The van der Waals surface area contributed by atoms with Crippen molar-refractivity contribution in [1.82, 2.24) is 9.55 Å². The van der Waals surface area contributed by atoms with Crippen LogP contribution in [0, 0.1) is 5.82 Å². The van der Waals surface area contributed by atoms with Crippen molar-refractivity contribution in [2.75, 3.05) is 0 Å². The van der Waals surface area contributed by atoms with Crippen LogP contribution in [-0.2, 0) is 6.54 Å². The molecule has 94 valence electrons. The van der Waals surface area contributed by atoms with Crippen molar-refractivity contribution in [2.24, 2.45) is 0 Å². The number of benzene rings is 1. The van der Waals surface area contributed by atoms with Gasteiger partial charge in [0.1, 0.15) is 5.82 Å². The van der Waals surface area contributed by atoms with Crippen molar-refractivity contribution in [3.63, 3.8) is 0 Å². The van der Waals surface area contributed by atoms with Crippen LogP contribution in [0.5, 0.6) is 0 Å². The Hall–Kier alpha value is -1.49. The lowest BCUT2D eigenvalue weighted by atomic mass is 10.1. The molecule has 0 aliphatic rings. The molecule has 0 saturated heterocycles. The molecule has 5 heteroatoms. The number of carbonyl (C=O) groups is 1. The lowest BCUT2D eigenvalue weighted by molar-refractivity contribution is 0.102. The Labute approximate surface area is 113 Å². The molecule has 0 aliphatic carbocycles. The lowest BCUT2D eigenvalue weighted by Crippen LogP contribution is -2.11. The average molecular weight is 311 g/mol. The second-order valence-corrected chi connectivity index (χ2v) is 4.76. The van der Waals surface area contributed by atoms with Crippen LogP contribution in [0.4, 0.5) is 4.39 Å². The van der Waals surface area contributed by atoms with Crippen LogP contribution in [-0.4, -0.2) is 15.3 Å². The summed E-state index contributed by atoms with van der Waals surface area (Å²) in [6.07, 6.45) is 4.25. The highest BCUT2D eigenvalue weighted by Crippen LogP contribution is 2.18. The summed E-state index contributed by atoms with van der Waals surface area (Å²) in [4.78, 5) is 16.2. The van der Waals surface area contributed by atoms with Crippen LogP contribution < -0.4 is 0 Å². The molecule has 2 aromatic rings. The zero-order valence-electron chi connectivity index (χ0n) is 9.86. The van der Waals surface area contributed by atoms with E-state index < -0.39 is 5.82 Å². The van der Waals surface area contributed by atoms with Gasteiger partial charge in [-0.15, -0.1) is 0 Å². The van der Waals surface area contributed by atoms with Gasteiger partial charge in [0.2, 0.25) is 5.78 Å². The molecule has 0 bridgehead atoms. The van der Waals surface area contributed by atoms with Crippen LogP contribution in [0.15, 0.2) is 35.1 Å². The van der Waals surface area contributed by atoms with Gasteiger partial charge in [-0.25, -0.2) is 9.37 Å². The monoisotopic (exact) mass is 310 g/mol. The molecule has 0 N–H and O–H groups in total. The number of hydrogen-bond acceptors (Lipinski definition) is 2. The number of imidazole rings is 1. The molecule has 0 fully saturated rings. The first-order valence-electron chi connectivity index (χ1n) is 5.64. The van der Waals surface area contributed by atoms with Crippen LogP contribution in [0.25, 0.3) is 0 Å². The molecule has 0 saturated carbocycles. The molecule has 1 aromatic carbocycles. The minimum atomic E-state index is -0.450. The first-order chi connectivity index (χ1) is 8.63. The molecule has 1 aromatic heterocycles. The molecule has 3 nitrogen and oxygen atoms in total. The molecule has 0 unspecified atom stereocenters. The molecular weight excluding hydrogens is 299 g/mol. The third-order valence-corrected chi connectivity index (χ3v) is 3.21. The summed E-state index contributed by atoms with van der Waals surface area (Å²) in [6, 6.07) is 4.33. The number of nitrogens with zero attached hydrogens (tertiary/aromatic N) is 2. The van der Waals surface area contributed by atoms with E-state index in [4.69, 9.17) is 0 Å². The molecule has 2 rings (SSSR count). The summed E-state index contributed by atoms with van der Waals surface area (Å²) in [6.45, 7) is 2.74. The Balaban J connectivity index is 2.35. The van der Waals surface area contributed by atoms with Gasteiger partial charge in [0, 0.05) is 24.5 Å². The highest BCUT2D eigenvalue weighted by atomic mass is 79.9. The first kappa shape index (κ1) is 13.0. The summed E-state index contributed by atoms with van der Waals surface area (Å²) < 4.78 is 15.5. The SMILES string of the molecule is CCCn1ccnc1C(=O)c1ccc(Br)c(F)c1. The fourth-order valence-electron chi connectivity index (χ4n) is 1.71. The van der Waals surface area contributed by atoms with Gasteiger partial charge in [-0.05, 0) is 40.5 Å². The third kappa shape index (κ3) is 2.51. The molecule has 0 atom stereocenters. The number of aryl methyl sites for hydroxylation is 1. The Morgan fingerprint density at radius 1 is 1.50 bits per heavy atom. The van der Waals surface area contributed by atoms with Crippen molar-refractivity contribution in [1.29, 1.82) is 0 Å². The number of rotatable bonds is 4. The van der Waals surface area contributed by atoms with Crippen molar-refractivity contribution >= 4 is 21.7 Å². The standard InChI is InChI=1S/C13H12BrFN2O/c1-2-6-17-7-5-16-13(17)12(18)9-3-4-10(14)11(15)8-9/h3-5,7-8H,2,6H2,1H3. The van der Waals surface area contributed by atoms with Crippen LogP contribution in [0.3, 0.4) is 0 Å². The number of hydrogen-bond donors (Lipinski definition) is 0. The van der Waals surface area contributed by atoms with Crippen molar-refractivity contribution < 1.29 is 9.18 Å². The van der Waals surface area contributed by atoms with Crippen molar-refractivity contribution in [3.8, 4) is 0 Å². The molecule has 1 heterocycles. The van der Waals surface area contributed by atoms with E-state index in [-0.39, 0.29) is 5.78 Å². The van der Waals surface area contributed by atoms with Crippen molar-refractivity contribution in [3.05, 3.63) is 52.3 Å². The van der Waals surface area contributed by atoms with Gasteiger partial charge in [0.05, 0.1) is 4.47 Å². The highest BCUT2D eigenvalue weighted by Gasteiger charge is 2.16. The van der Waals surface area contributed by atoms with Gasteiger partial charge < -0.3 is 4.57 Å². The second kappa shape index (κ2) is 5.44. The summed E-state index contributed by atoms with van der Waals surface area (Å²) in [7, 11) is 0. The minimum Gasteiger partial charge on any atom is -0.328 e. The Bertz CT molecular complexity index is 580. The predicted octanol–water partition coefficient (Wildman–Crippen LogP) is 3.43. The smallest absolute Gasteiger partial charge is 0.228 e. The summed E-state index contributed by atoms with van der Waals surface area (Å²) in [5.41, 5.74) is 0.305. The number of aromatic nitrogens is 2. The topological polar surface area (TPSA) is 34.9 Å². The maximum absolute atomic E-state index is 13.4. The molecule has 18 heavy (non-hydrogen) atoms. The zero-order valence-corrected chi connectivity index (χ0v) is 11.4. The van der Waals surface area contributed by atoms with E-state index in [0.29, 0.717) is 15.9 Å². The van der Waals surface area contributed by atoms with Gasteiger partial charge in [-0.2, -0.15) is 0 Å². The molecule has 0 amide bonds. The van der Waals surface area contributed by atoms with Crippen molar-refractivity contribution in [2.45, 2.75) is 19.9 Å². The molecule has 0 aliphatic heterocycles. The van der Waals surface area contributed by atoms with Gasteiger partial charge in [-0.1, -0.05) is 6.92 Å². The summed E-state index contributed by atoms with van der Waals surface area (Å²) in [5, 5.41) is 0. The van der Waals surface area contributed by atoms with E-state index >= 15 is 0 Å². The van der Waals surface area contributed by atoms with Gasteiger partial charge >= 0.3 is 0 Å². The Kier molecular flexibility index (Phi) is 3.91. The quantitative estimate of drug-likeness (QED) is 0.811. The van der Waals surface area contributed by atoms with E-state index in [1.807, 2.05) is 6.92 Å². The van der Waals surface area contributed by atoms with E-state index in [9.17, 15) is 9.18 Å². The van der Waals surface area contributed by atoms with Crippen LogP contribution in [0.2, 0.25) is 0 Å². The lowest BCUT2D eigenvalue weighted by Gasteiger charge is -2.05. The maximum Gasteiger partial charge on any atom is 0.228 e. The average Bonchev–Trinajstić information content (AvgIpc) is 2.80. The normalized spacial score (nSPS) is 10.6. The largest absolute Gasteiger partial charge is 0.328 e. The number of carbonyl (C=O) groups excluding carboxylic acids is 1. The van der Waals surface area contributed by atoms with Gasteiger partial charge in [0.15, 0.2) is 5.82 Å². The number of halogens is 2. The predicted molar refractivity (Wildman–Crippen MR) is 70.1 cm³/mol.